The fraction of sp³-hybridized carbons (Fsp3) is 0.474. The van der Waals surface area contributed by atoms with Crippen molar-refractivity contribution in [2.24, 2.45) is 0 Å². The number of carbonyl (C=O) groups is 1. The number of pyridine rings is 1. The van der Waals surface area contributed by atoms with Gasteiger partial charge >= 0.3 is 0 Å². The van der Waals surface area contributed by atoms with Crippen LogP contribution in [-0.4, -0.2) is 84.3 Å². The summed E-state index contributed by atoms with van der Waals surface area (Å²) in [6.07, 6.45) is 2.81. The topological polar surface area (TPSA) is 77.5 Å². The van der Waals surface area contributed by atoms with Crippen LogP contribution in [-0.2, 0) is 0 Å². The van der Waals surface area contributed by atoms with E-state index in [4.69, 9.17) is 0 Å². The fourth-order valence-electron chi connectivity index (χ4n) is 2.99. The molecule has 2 aromatic rings. The lowest BCUT2D eigenvalue weighted by Crippen LogP contribution is -2.49. The van der Waals surface area contributed by atoms with Gasteiger partial charge in [-0.3, -0.25) is 4.79 Å². The lowest BCUT2D eigenvalue weighted by molar-refractivity contribution is 0.0739. The second-order valence-electron chi connectivity index (χ2n) is 6.85. The highest BCUT2D eigenvalue weighted by Gasteiger charge is 2.23. The average molecular weight is 369 g/mol. The monoisotopic (exact) mass is 369 g/mol. The van der Waals surface area contributed by atoms with Crippen LogP contribution in [0.5, 0.6) is 0 Å². The highest BCUT2D eigenvalue weighted by molar-refractivity contribution is 5.92. The van der Waals surface area contributed by atoms with Crippen LogP contribution in [0.2, 0.25) is 0 Å². The van der Waals surface area contributed by atoms with E-state index < -0.39 is 0 Å². The van der Waals surface area contributed by atoms with Gasteiger partial charge in [-0.05, 0) is 51.3 Å². The molecule has 0 saturated carbocycles. The van der Waals surface area contributed by atoms with Gasteiger partial charge in [0.1, 0.15) is 11.6 Å². The Morgan fingerprint density at radius 3 is 2.56 bits per heavy atom. The van der Waals surface area contributed by atoms with Gasteiger partial charge in [0.15, 0.2) is 5.69 Å². The first-order chi connectivity index (χ1) is 13.1. The van der Waals surface area contributed by atoms with Crippen LogP contribution in [0, 0.1) is 0 Å². The normalized spacial score (nSPS) is 14.5. The third kappa shape index (κ3) is 5.37. The molecular weight excluding hydrogens is 342 g/mol. The van der Waals surface area contributed by atoms with Crippen LogP contribution >= 0.6 is 0 Å². The number of rotatable bonds is 7. The zero-order chi connectivity index (χ0) is 19.1. The molecule has 144 valence electrons. The van der Waals surface area contributed by atoms with Gasteiger partial charge in [-0.1, -0.05) is 6.07 Å². The zero-order valence-corrected chi connectivity index (χ0v) is 16.0. The minimum atomic E-state index is -0.0673. The van der Waals surface area contributed by atoms with Crippen LogP contribution in [0.25, 0.3) is 0 Å². The Kier molecular flexibility index (Phi) is 6.54. The molecule has 0 radical (unpaired) electrons. The fourth-order valence-corrected chi connectivity index (χ4v) is 2.99. The van der Waals surface area contributed by atoms with Crippen LogP contribution in [0.15, 0.2) is 36.5 Å². The van der Waals surface area contributed by atoms with E-state index >= 15 is 0 Å². The van der Waals surface area contributed by atoms with Crippen LogP contribution < -0.4 is 10.2 Å². The molecule has 27 heavy (non-hydrogen) atoms. The number of nitrogens with zero attached hydrogens (tertiary/aromatic N) is 6. The van der Waals surface area contributed by atoms with E-state index in [1.54, 1.807) is 12.3 Å². The Hall–Kier alpha value is -2.74. The first kappa shape index (κ1) is 19.0. The molecule has 1 aliphatic heterocycles. The molecule has 8 nitrogen and oxygen atoms in total. The number of hydrogen-bond donors (Lipinski definition) is 1. The molecule has 2 aromatic heterocycles. The summed E-state index contributed by atoms with van der Waals surface area (Å²) in [5.41, 5.74) is 0.389. The van der Waals surface area contributed by atoms with Crippen molar-refractivity contribution in [2.75, 3.05) is 63.6 Å². The Balaban J connectivity index is 1.48. The van der Waals surface area contributed by atoms with Crippen molar-refractivity contribution in [1.82, 2.24) is 25.0 Å². The molecule has 0 atom stereocenters. The molecule has 3 rings (SSSR count). The van der Waals surface area contributed by atoms with E-state index in [1.165, 1.54) is 0 Å². The van der Waals surface area contributed by atoms with Crippen molar-refractivity contribution in [3.8, 4) is 0 Å². The second kappa shape index (κ2) is 9.27. The van der Waals surface area contributed by atoms with E-state index in [-0.39, 0.29) is 5.91 Å². The predicted octanol–water partition coefficient (Wildman–Crippen LogP) is 1.20. The largest absolute Gasteiger partial charge is 0.369 e. The molecule has 0 aliphatic carbocycles. The molecule has 3 heterocycles. The summed E-state index contributed by atoms with van der Waals surface area (Å²) in [6, 6.07) is 9.44. The van der Waals surface area contributed by atoms with Crippen molar-refractivity contribution < 1.29 is 4.79 Å². The summed E-state index contributed by atoms with van der Waals surface area (Å²) >= 11 is 0. The number of hydrogen-bond acceptors (Lipinski definition) is 7. The number of anilines is 2. The van der Waals surface area contributed by atoms with E-state index in [9.17, 15) is 4.79 Å². The van der Waals surface area contributed by atoms with E-state index in [1.807, 2.05) is 29.2 Å². The third-order valence-electron chi connectivity index (χ3n) is 4.51. The van der Waals surface area contributed by atoms with Gasteiger partial charge in [0.25, 0.3) is 5.91 Å². The summed E-state index contributed by atoms with van der Waals surface area (Å²) in [5.74, 6) is 1.58. The minimum absolute atomic E-state index is 0.0673. The SMILES string of the molecule is CN(C)CCCNc1ccc(C(=O)N2CCN(c3ccccn3)CC2)nn1. The van der Waals surface area contributed by atoms with Crippen molar-refractivity contribution in [3.05, 3.63) is 42.2 Å². The molecule has 1 fully saturated rings. The maximum atomic E-state index is 12.7. The van der Waals surface area contributed by atoms with Crippen molar-refractivity contribution in [2.45, 2.75) is 6.42 Å². The van der Waals surface area contributed by atoms with Gasteiger partial charge in [0.05, 0.1) is 0 Å². The third-order valence-corrected chi connectivity index (χ3v) is 4.51. The quantitative estimate of drug-likeness (QED) is 0.735. The highest BCUT2D eigenvalue weighted by atomic mass is 16.2. The highest BCUT2D eigenvalue weighted by Crippen LogP contribution is 2.14. The lowest BCUT2D eigenvalue weighted by Gasteiger charge is -2.35. The summed E-state index contributed by atoms with van der Waals surface area (Å²) in [5, 5.41) is 11.5. The first-order valence-corrected chi connectivity index (χ1v) is 9.31. The van der Waals surface area contributed by atoms with Gasteiger partial charge < -0.3 is 20.0 Å². The number of aromatic nitrogens is 3. The second-order valence-corrected chi connectivity index (χ2v) is 6.85. The lowest BCUT2D eigenvalue weighted by atomic mass is 10.2. The Morgan fingerprint density at radius 1 is 1.11 bits per heavy atom. The summed E-state index contributed by atoms with van der Waals surface area (Å²) in [4.78, 5) is 23.2. The number of piperazine rings is 1. The Labute approximate surface area is 160 Å². The van der Waals surface area contributed by atoms with Crippen LogP contribution in [0.1, 0.15) is 16.9 Å². The summed E-state index contributed by atoms with van der Waals surface area (Å²) in [7, 11) is 4.10. The molecule has 0 bridgehead atoms. The average Bonchev–Trinajstić information content (AvgIpc) is 2.72. The Bertz CT molecular complexity index is 713. The van der Waals surface area contributed by atoms with E-state index in [0.29, 0.717) is 24.6 Å². The minimum Gasteiger partial charge on any atom is -0.369 e. The molecule has 0 unspecified atom stereocenters. The maximum absolute atomic E-state index is 12.7. The number of nitrogens with one attached hydrogen (secondary N) is 1. The molecule has 1 amide bonds. The number of amides is 1. The van der Waals surface area contributed by atoms with E-state index in [2.05, 4.69) is 44.4 Å². The van der Waals surface area contributed by atoms with E-state index in [0.717, 1.165) is 38.4 Å². The molecule has 0 aromatic carbocycles. The molecule has 1 N–H and O–H groups in total. The van der Waals surface area contributed by atoms with Crippen LogP contribution in [0.4, 0.5) is 11.6 Å². The summed E-state index contributed by atoms with van der Waals surface area (Å²) < 4.78 is 0. The summed E-state index contributed by atoms with van der Waals surface area (Å²) in [6.45, 7) is 4.68. The molecule has 1 saturated heterocycles. The maximum Gasteiger partial charge on any atom is 0.274 e. The molecule has 8 heteroatoms. The van der Waals surface area contributed by atoms with Gasteiger partial charge in [0, 0.05) is 38.9 Å². The predicted molar refractivity (Wildman–Crippen MR) is 106 cm³/mol. The van der Waals surface area contributed by atoms with Crippen molar-refractivity contribution in [1.29, 1.82) is 0 Å². The van der Waals surface area contributed by atoms with Gasteiger partial charge in [0.2, 0.25) is 0 Å². The van der Waals surface area contributed by atoms with Gasteiger partial charge in [-0.25, -0.2) is 4.98 Å². The van der Waals surface area contributed by atoms with Gasteiger partial charge in [-0.2, -0.15) is 0 Å². The first-order valence-electron chi connectivity index (χ1n) is 9.31. The molecular formula is C19H27N7O. The smallest absolute Gasteiger partial charge is 0.274 e. The van der Waals surface area contributed by atoms with Crippen molar-refractivity contribution >= 4 is 17.5 Å². The Morgan fingerprint density at radius 2 is 1.93 bits per heavy atom. The van der Waals surface area contributed by atoms with Crippen LogP contribution in [0.3, 0.4) is 0 Å². The van der Waals surface area contributed by atoms with Crippen molar-refractivity contribution in [3.63, 3.8) is 0 Å². The number of carbonyl (C=O) groups excluding carboxylic acids is 1. The van der Waals surface area contributed by atoms with Gasteiger partial charge in [-0.15, -0.1) is 10.2 Å². The standard InChI is InChI=1S/C19H27N7O/c1-24(2)11-5-10-20-17-8-7-16(22-23-17)19(27)26-14-12-25(13-15-26)18-6-3-4-9-21-18/h3-4,6-9H,5,10-15H2,1-2H3,(H,20,23). The molecule has 0 spiro atoms. The molecule has 1 aliphatic rings. The zero-order valence-electron chi connectivity index (χ0n) is 16.0.